The molecule has 0 atom stereocenters. The normalized spacial score (nSPS) is 11.9. The van der Waals surface area contributed by atoms with Gasteiger partial charge in [-0.2, -0.15) is 0 Å². The molecule has 0 aliphatic rings. The third kappa shape index (κ3) is 6.82. The Balaban J connectivity index is 2.45. The standard InChI is InChI=1S/C15H29N5/c1-15(2,3)18-12-13-10-16-14(17-11-13)20(6)9-7-8-19(4)5/h10-11,18H,7-9,12H2,1-6H3. The molecule has 5 nitrogen and oxygen atoms in total. The van der Waals surface area contributed by atoms with Crippen LogP contribution in [-0.4, -0.2) is 54.6 Å². The summed E-state index contributed by atoms with van der Waals surface area (Å²) >= 11 is 0. The molecular formula is C15H29N5. The molecule has 5 heteroatoms. The van der Waals surface area contributed by atoms with E-state index >= 15 is 0 Å². The van der Waals surface area contributed by atoms with E-state index in [4.69, 9.17) is 0 Å². The van der Waals surface area contributed by atoms with Gasteiger partial charge in [0.05, 0.1) is 0 Å². The number of anilines is 1. The van der Waals surface area contributed by atoms with E-state index in [0.29, 0.717) is 0 Å². The lowest BCUT2D eigenvalue weighted by Gasteiger charge is -2.21. The topological polar surface area (TPSA) is 44.3 Å². The summed E-state index contributed by atoms with van der Waals surface area (Å²) in [6.45, 7) is 9.31. The fourth-order valence-electron chi connectivity index (χ4n) is 1.73. The van der Waals surface area contributed by atoms with E-state index in [1.54, 1.807) is 0 Å². The van der Waals surface area contributed by atoms with E-state index in [1.807, 2.05) is 19.4 Å². The molecule has 1 aromatic rings. The van der Waals surface area contributed by atoms with Crippen LogP contribution in [0.15, 0.2) is 12.4 Å². The van der Waals surface area contributed by atoms with Gasteiger partial charge in [-0.05, 0) is 47.8 Å². The first-order valence-corrected chi connectivity index (χ1v) is 7.20. The lowest BCUT2D eigenvalue weighted by atomic mass is 10.1. The summed E-state index contributed by atoms with van der Waals surface area (Å²) in [5.74, 6) is 0.795. The average Bonchev–Trinajstić information content (AvgIpc) is 2.35. The van der Waals surface area contributed by atoms with Crippen molar-refractivity contribution in [2.24, 2.45) is 0 Å². The summed E-state index contributed by atoms with van der Waals surface area (Å²) in [6.07, 6.45) is 4.92. The van der Waals surface area contributed by atoms with Gasteiger partial charge in [-0.1, -0.05) is 0 Å². The number of nitrogens with one attached hydrogen (secondary N) is 1. The van der Waals surface area contributed by atoms with Crippen LogP contribution in [-0.2, 0) is 6.54 Å². The summed E-state index contributed by atoms with van der Waals surface area (Å²) in [5, 5.41) is 3.43. The Morgan fingerprint density at radius 3 is 2.15 bits per heavy atom. The minimum atomic E-state index is 0.113. The van der Waals surface area contributed by atoms with Crippen molar-refractivity contribution in [2.45, 2.75) is 39.3 Å². The highest BCUT2D eigenvalue weighted by Crippen LogP contribution is 2.07. The zero-order valence-electron chi connectivity index (χ0n) is 13.8. The molecule has 0 saturated carbocycles. The number of nitrogens with zero attached hydrogens (tertiary/aromatic N) is 4. The minimum absolute atomic E-state index is 0.113. The molecule has 1 heterocycles. The number of aromatic nitrogens is 2. The predicted molar refractivity (Wildman–Crippen MR) is 85.1 cm³/mol. The molecule has 0 fully saturated rings. The number of hydrogen-bond acceptors (Lipinski definition) is 5. The highest BCUT2D eigenvalue weighted by molar-refractivity contribution is 5.28. The monoisotopic (exact) mass is 279 g/mol. The van der Waals surface area contributed by atoms with E-state index in [9.17, 15) is 0 Å². The van der Waals surface area contributed by atoms with Crippen LogP contribution in [0.5, 0.6) is 0 Å². The van der Waals surface area contributed by atoms with Crippen LogP contribution >= 0.6 is 0 Å². The van der Waals surface area contributed by atoms with Crippen molar-refractivity contribution in [3.05, 3.63) is 18.0 Å². The van der Waals surface area contributed by atoms with Crippen molar-refractivity contribution in [2.75, 3.05) is 39.1 Å². The van der Waals surface area contributed by atoms with E-state index in [0.717, 1.165) is 37.6 Å². The zero-order valence-corrected chi connectivity index (χ0v) is 13.8. The molecule has 0 aliphatic carbocycles. The van der Waals surface area contributed by atoms with Gasteiger partial charge >= 0.3 is 0 Å². The maximum Gasteiger partial charge on any atom is 0.224 e. The molecule has 114 valence electrons. The van der Waals surface area contributed by atoms with Crippen LogP contribution in [0.4, 0.5) is 5.95 Å². The van der Waals surface area contributed by atoms with Crippen LogP contribution < -0.4 is 10.2 Å². The Hall–Kier alpha value is -1.20. The summed E-state index contributed by atoms with van der Waals surface area (Å²) in [7, 11) is 6.22. The van der Waals surface area contributed by atoms with Crippen LogP contribution in [0.25, 0.3) is 0 Å². The van der Waals surface area contributed by atoms with Crippen LogP contribution in [0.2, 0.25) is 0 Å². The Bertz CT molecular complexity index is 380. The second kappa shape index (κ2) is 7.55. The molecule has 0 aliphatic heterocycles. The lowest BCUT2D eigenvalue weighted by molar-refractivity contribution is 0.401. The van der Waals surface area contributed by atoms with Gasteiger partial charge < -0.3 is 15.1 Å². The summed E-state index contributed by atoms with van der Waals surface area (Å²) in [5.41, 5.74) is 1.23. The van der Waals surface area contributed by atoms with Gasteiger partial charge in [0.25, 0.3) is 0 Å². The van der Waals surface area contributed by atoms with E-state index in [1.165, 1.54) is 0 Å². The molecule has 0 bridgehead atoms. The predicted octanol–water partition coefficient (Wildman–Crippen LogP) is 1.75. The van der Waals surface area contributed by atoms with E-state index < -0.39 is 0 Å². The third-order valence-electron chi connectivity index (χ3n) is 2.95. The highest BCUT2D eigenvalue weighted by Gasteiger charge is 2.09. The first-order valence-electron chi connectivity index (χ1n) is 7.20. The first-order chi connectivity index (χ1) is 9.28. The van der Waals surface area contributed by atoms with Crippen LogP contribution in [0, 0.1) is 0 Å². The Kier molecular flexibility index (Phi) is 6.36. The molecule has 0 aromatic carbocycles. The second-order valence-corrected chi connectivity index (χ2v) is 6.57. The molecule has 1 aromatic heterocycles. The summed E-state index contributed by atoms with van der Waals surface area (Å²) in [6, 6.07) is 0. The van der Waals surface area contributed by atoms with Crippen molar-refractivity contribution in [1.29, 1.82) is 0 Å². The first kappa shape index (κ1) is 16.9. The quantitative estimate of drug-likeness (QED) is 0.824. The number of hydrogen-bond donors (Lipinski definition) is 1. The van der Waals surface area contributed by atoms with Crippen molar-refractivity contribution in [3.63, 3.8) is 0 Å². The van der Waals surface area contributed by atoms with Gasteiger partial charge in [0.2, 0.25) is 5.95 Å². The fraction of sp³-hybridized carbons (Fsp3) is 0.733. The average molecular weight is 279 g/mol. The summed E-state index contributed by atoms with van der Waals surface area (Å²) in [4.78, 5) is 13.2. The third-order valence-corrected chi connectivity index (χ3v) is 2.95. The fourth-order valence-corrected chi connectivity index (χ4v) is 1.73. The van der Waals surface area contributed by atoms with Crippen molar-refractivity contribution >= 4 is 5.95 Å². The largest absolute Gasteiger partial charge is 0.344 e. The number of rotatable bonds is 7. The van der Waals surface area contributed by atoms with Crippen molar-refractivity contribution in [1.82, 2.24) is 20.2 Å². The Morgan fingerprint density at radius 2 is 1.65 bits per heavy atom. The zero-order chi connectivity index (χ0) is 15.2. The molecule has 1 N–H and O–H groups in total. The molecule has 1 rings (SSSR count). The molecule has 20 heavy (non-hydrogen) atoms. The Morgan fingerprint density at radius 1 is 1.05 bits per heavy atom. The van der Waals surface area contributed by atoms with E-state index in [-0.39, 0.29) is 5.54 Å². The Labute approximate surface area is 123 Å². The van der Waals surface area contributed by atoms with Gasteiger partial charge in [0.15, 0.2) is 0 Å². The van der Waals surface area contributed by atoms with Gasteiger partial charge in [0.1, 0.15) is 0 Å². The molecular weight excluding hydrogens is 250 g/mol. The molecule has 0 radical (unpaired) electrons. The van der Waals surface area contributed by atoms with Crippen LogP contribution in [0.3, 0.4) is 0 Å². The van der Waals surface area contributed by atoms with Gasteiger partial charge in [-0.15, -0.1) is 0 Å². The maximum absolute atomic E-state index is 4.44. The minimum Gasteiger partial charge on any atom is -0.344 e. The van der Waals surface area contributed by atoms with Gasteiger partial charge in [-0.3, -0.25) is 0 Å². The molecule has 0 spiro atoms. The van der Waals surface area contributed by atoms with E-state index in [2.05, 4.69) is 60.0 Å². The van der Waals surface area contributed by atoms with Gasteiger partial charge in [-0.25, -0.2) is 9.97 Å². The highest BCUT2D eigenvalue weighted by atomic mass is 15.2. The molecule has 0 amide bonds. The lowest BCUT2D eigenvalue weighted by Crippen LogP contribution is -2.35. The summed E-state index contributed by atoms with van der Waals surface area (Å²) < 4.78 is 0. The molecule has 0 unspecified atom stereocenters. The van der Waals surface area contributed by atoms with Crippen LogP contribution in [0.1, 0.15) is 32.8 Å². The van der Waals surface area contributed by atoms with Crippen molar-refractivity contribution < 1.29 is 0 Å². The molecule has 0 saturated heterocycles. The second-order valence-electron chi connectivity index (χ2n) is 6.57. The smallest absolute Gasteiger partial charge is 0.224 e. The van der Waals surface area contributed by atoms with Gasteiger partial charge in [0, 0.05) is 43.6 Å². The maximum atomic E-state index is 4.44. The van der Waals surface area contributed by atoms with Crippen molar-refractivity contribution in [3.8, 4) is 0 Å². The SMILES string of the molecule is CN(C)CCCN(C)c1ncc(CNC(C)(C)C)cn1.